The van der Waals surface area contributed by atoms with Crippen molar-refractivity contribution in [2.75, 3.05) is 26.2 Å². The summed E-state index contributed by atoms with van der Waals surface area (Å²) in [6.07, 6.45) is 4.23. The zero-order chi connectivity index (χ0) is 23.8. The van der Waals surface area contributed by atoms with E-state index in [1.54, 1.807) is 24.0 Å². The summed E-state index contributed by atoms with van der Waals surface area (Å²) >= 11 is 1.77. The van der Waals surface area contributed by atoms with Crippen molar-refractivity contribution in [1.82, 2.24) is 19.4 Å². The molecule has 34 heavy (non-hydrogen) atoms. The quantitative estimate of drug-likeness (QED) is 0.572. The number of aryl methyl sites for hydroxylation is 1. The molecule has 1 saturated heterocycles. The third-order valence-electron chi connectivity index (χ3n) is 6.85. The molecule has 0 aliphatic carbocycles. The first-order chi connectivity index (χ1) is 16.4. The van der Waals surface area contributed by atoms with Crippen LogP contribution in [0.5, 0.6) is 0 Å². The van der Waals surface area contributed by atoms with E-state index in [9.17, 15) is 9.59 Å². The van der Waals surface area contributed by atoms with Gasteiger partial charge in [-0.3, -0.25) is 19.5 Å². The molecule has 0 bridgehead atoms. The van der Waals surface area contributed by atoms with Gasteiger partial charge in [0.2, 0.25) is 0 Å². The molecule has 0 saturated carbocycles. The Morgan fingerprint density at radius 1 is 1.09 bits per heavy atom. The summed E-state index contributed by atoms with van der Waals surface area (Å²) in [7, 11) is 0. The molecule has 1 fully saturated rings. The van der Waals surface area contributed by atoms with Gasteiger partial charge in [-0.15, -0.1) is 11.8 Å². The molecule has 1 unspecified atom stereocenters. The third-order valence-corrected chi connectivity index (χ3v) is 8.18. The van der Waals surface area contributed by atoms with Crippen LogP contribution in [0, 0.1) is 6.92 Å². The van der Waals surface area contributed by atoms with Crippen LogP contribution in [0.1, 0.15) is 46.4 Å². The largest absolute Gasteiger partial charge is 0.336 e. The first kappa shape index (κ1) is 22.9. The molecular formula is C27H30N4O2S. The molecule has 176 valence electrons. The summed E-state index contributed by atoms with van der Waals surface area (Å²) in [6.45, 7) is 9.25. The zero-order valence-electron chi connectivity index (χ0n) is 19.9. The fourth-order valence-corrected chi connectivity index (χ4v) is 6.28. The Hall–Kier alpha value is -2.90. The highest BCUT2D eigenvalue weighted by atomic mass is 32.2. The number of carbonyl (C=O) groups excluding carboxylic acids is 1. The van der Waals surface area contributed by atoms with Gasteiger partial charge < -0.3 is 9.47 Å². The number of fused-ring (bicyclic) bond motifs is 3. The minimum Gasteiger partial charge on any atom is -0.336 e. The number of amides is 1. The number of aromatic nitrogens is 2. The topological polar surface area (TPSA) is 58.4 Å². The molecule has 7 heteroatoms. The van der Waals surface area contributed by atoms with Crippen LogP contribution in [0.3, 0.4) is 0 Å². The van der Waals surface area contributed by atoms with Crippen LogP contribution in [0.4, 0.5) is 0 Å². The number of hydrogen-bond acceptors (Lipinski definition) is 5. The van der Waals surface area contributed by atoms with Gasteiger partial charge >= 0.3 is 0 Å². The summed E-state index contributed by atoms with van der Waals surface area (Å²) in [6, 6.07) is 14.3. The number of nitrogens with zero attached hydrogens (tertiary/aromatic N) is 4. The van der Waals surface area contributed by atoms with Gasteiger partial charge in [0.1, 0.15) is 5.56 Å². The van der Waals surface area contributed by atoms with Crippen molar-refractivity contribution in [3.63, 3.8) is 0 Å². The number of benzene rings is 1. The lowest BCUT2D eigenvalue weighted by Gasteiger charge is -2.37. The van der Waals surface area contributed by atoms with E-state index in [2.05, 4.69) is 46.5 Å². The van der Waals surface area contributed by atoms with Gasteiger partial charge in [0.05, 0.1) is 5.69 Å². The van der Waals surface area contributed by atoms with Crippen molar-refractivity contribution in [3.8, 4) is 5.69 Å². The van der Waals surface area contributed by atoms with Gasteiger partial charge in [0.25, 0.3) is 5.91 Å². The highest BCUT2D eigenvalue weighted by Gasteiger charge is 2.32. The zero-order valence-corrected chi connectivity index (χ0v) is 20.7. The van der Waals surface area contributed by atoms with Gasteiger partial charge in [-0.2, -0.15) is 0 Å². The van der Waals surface area contributed by atoms with Crippen LogP contribution >= 0.6 is 11.8 Å². The van der Waals surface area contributed by atoms with Gasteiger partial charge in [-0.25, -0.2) is 0 Å². The molecule has 4 heterocycles. The van der Waals surface area contributed by atoms with Gasteiger partial charge in [0, 0.05) is 78.6 Å². The lowest BCUT2D eigenvalue weighted by Crippen LogP contribution is -2.51. The number of thioether (sulfide) groups is 1. The molecule has 3 aromatic rings. The maximum atomic E-state index is 13.8. The molecule has 2 aliphatic rings. The number of carbonyl (C=O) groups is 1. The molecule has 1 aromatic carbocycles. The molecule has 2 aromatic heterocycles. The first-order valence-corrected chi connectivity index (χ1v) is 12.8. The van der Waals surface area contributed by atoms with Crippen molar-refractivity contribution >= 4 is 17.7 Å². The van der Waals surface area contributed by atoms with E-state index >= 15 is 0 Å². The molecule has 0 N–H and O–H groups in total. The monoisotopic (exact) mass is 474 g/mol. The summed E-state index contributed by atoms with van der Waals surface area (Å²) < 4.78 is 2.12. The second-order valence-electron chi connectivity index (χ2n) is 9.29. The van der Waals surface area contributed by atoms with E-state index in [0.29, 0.717) is 31.1 Å². The van der Waals surface area contributed by atoms with Gasteiger partial charge in [-0.1, -0.05) is 18.2 Å². The van der Waals surface area contributed by atoms with Crippen LogP contribution in [0.15, 0.2) is 64.5 Å². The van der Waals surface area contributed by atoms with E-state index in [0.717, 1.165) is 40.6 Å². The number of para-hydroxylation sites is 1. The Morgan fingerprint density at radius 2 is 1.85 bits per heavy atom. The fourth-order valence-electron chi connectivity index (χ4n) is 5.01. The van der Waals surface area contributed by atoms with Crippen LogP contribution in [0.2, 0.25) is 0 Å². The predicted molar refractivity (Wildman–Crippen MR) is 136 cm³/mol. The summed E-state index contributed by atoms with van der Waals surface area (Å²) in [5.74, 6) is -0.147. The molecule has 6 nitrogen and oxygen atoms in total. The highest BCUT2D eigenvalue weighted by molar-refractivity contribution is 7.99. The average molecular weight is 475 g/mol. The van der Waals surface area contributed by atoms with Crippen LogP contribution < -0.4 is 5.43 Å². The normalized spacial score (nSPS) is 18.4. The lowest BCUT2D eigenvalue weighted by molar-refractivity contribution is 0.0592. The fraction of sp³-hybridized carbons (Fsp3) is 0.370. The van der Waals surface area contributed by atoms with Crippen molar-refractivity contribution in [3.05, 3.63) is 87.6 Å². The molecule has 5 rings (SSSR count). The molecule has 2 aliphatic heterocycles. The van der Waals surface area contributed by atoms with Crippen molar-refractivity contribution < 1.29 is 4.79 Å². The highest BCUT2D eigenvalue weighted by Crippen LogP contribution is 2.44. The Balaban J connectivity index is 1.63. The average Bonchev–Trinajstić information content (AvgIpc) is 3.02. The number of piperazine rings is 1. The Kier molecular flexibility index (Phi) is 6.32. The summed E-state index contributed by atoms with van der Waals surface area (Å²) in [5, 5.41) is 0.0501. The van der Waals surface area contributed by atoms with Crippen molar-refractivity contribution in [2.24, 2.45) is 0 Å². The second kappa shape index (κ2) is 9.39. The van der Waals surface area contributed by atoms with Gasteiger partial charge in [-0.05, 0) is 44.5 Å². The molecule has 1 atom stereocenters. The predicted octanol–water partition coefficient (Wildman–Crippen LogP) is 4.10. The summed E-state index contributed by atoms with van der Waals surface area (Å²) in [5.41, 5.74) is 3.89. The maximum absolute atomic E-state index is 13.8. The van der Waals surface area contributed by atoms with E-state index in [1.165, 1.54) is 0 Å². The van der Waals surface area contributed by atoms with Crippen LogP contribution in [-0.4, -0.2) is 57.5 Å². The summed E-state index contributed by atoms with van der Waals surface area (Å²) in [4.78, 5) is 36.9. The third kappa shape index (κ3) is 4.18. The lowest BCUT2D eigenvalue weighted by atomic mass is 10.0. The van der Waals surface area contributed by atoms with Gasteiger partial charge in [0.15, 0.2) is 5.43 Å². The first-order valence-electron chi connectivity index (χ1n) is 11.9. The molecular weight excluding hydrogens is 444 g/mol. The molecule has 0 radical (unpaired) electrons. The minimum atomic E-state index is -0.186. The smallest absolute Gasteiger partial charge is 0.259 e. The number of rotatable bonds is 3. The minimum absolute atomic E-state index is 0.0501. The number of pyridine rings is 2. The van der Waals surface area contributed by atoms with E-state index in [1.807, 2.05) is 36.2 Å². The Bertz CT molecular complexity index is 1260. The van der Waals surface area contributed by atoms with Crippen molar-refractivity contribution in [2.45, 2.75) is 43.4 Å². The molecule has 1 amide bonds. The SMILES string of the molecule is Cc1cc(=O)c(C(=O)N2CCN(C(C)C)CC2)c2n1-c1ccccc1SC(c1cccnc1)C2. The Morgan fingerprint density at radius 3 is 2.56 bits per heavy atom. The van der Waals surface area contributed by atoms with Crippen LogP contribution in [-0.2, 0) is 6.42 Å². The van der Waals surface area contributed by atoms with Crippen molar-refractivity contribution in [1.29, 1.82) is 0 Å². The number of hydrogen-bond donors (Lipinski definition) is 0. The second-order valence-corrected chi connectivity index (χ2v) is 10.5. The van der Waals surface area contributed by atoms with Crippen LogP contribution in [0.25, 0.3) is 5.69 Å². The van der Waals surface area contributed by atoms with E-state index in [-0.39, 0.29) is 16.6 Å². The molecule has 0 spiro atoms. The standard InChI is InChI=1S/C27H30N4O2S/c1-18(2)29-11-13-30(14-12-29)27(33)26-22-16-25(20-7-6-10-28-17-20)34-24-9-5-4-8-21(24)31(22)19(3)15-23(26)32/h4-10,15,17-18,25H,11-14,16H2,1-3H3. The maximum Gasteiger partial charge on any atom is 0.259 e. The van der Waals surface area contributed by atoms with E-state index < -0.39 is 0 Å². The Labute approximate surface area is 204 Å². The van der Waals surface area contributed by atoms with E-state index in [4.69, 9.17) is 0 Å².